The Morgan fingerprint density at radius 3 is 2.42 bits per heavy atom. The van der Waals surface area contributed by atoms with Gasteiger partial charge in [0.15, 0.2) is 5.44 Å². The fourth-order valence-electron chi connectivity index (χ4n) is 0.370. The number of hydrogen-bond donors (Lipinski definition) is 2. The molecular weight excluding hydrogens is 193 g/mol. The summed E-state index contributed by atoms with van der Waals surface area (Å²) in [4.78, 5) is 0. The number of rotatable bonds is 5. The summed E-state index contributed by atoms with van der Waals surface area (Å²) in [5, 5.41) is 12.2. The van der Waals surface area contributed by atoms with Crippen LogP contribution in [-0.2, 0) is 10.1 Å². The first kappa shape index (κ1) is 15.1. The summed E-state index contributed by atoms with van der Waals surface area (Å²) in [6.07, 6.45) is 1.46. The zero-order valence-corrected chi connectivity index (χ0v) is 9.66. The molecule has 1 unspecified atom stereocenters. The van der Waals surface area contributed by atoms with Crippen LogP contribution in [0.25, 0.3) is 5.32 Å². The maximum absolute atomic E-state index is 10.1. The van der Waals surface area contributed by atoms with Crippen LogP contribution < -0.4 is 29.6 Å². The number of hydrogen-bond acceptors (Lipinski definition) is 3. The maximum Gasteiger partial charge on any atom is 1.00 e. The molecule has 0 fully saturated rings. The van der Waals surface area contributed by atoms with Crippen LogP contribution in [0, 0.1) is 0 Å². The van der Waals surface area contributed by atoms with E-state index in [9.17, 15) is 8.42 Å². The maximum atomic E-state index is 10.1. The number of aliphatic hydroxyl groups excluding tert-OH is 1. The van der Waals surface area contributed by atoms with E-state index in [0.29, 0.717) is 0 Å². The van der Waals surface area contributed by atoms with Crippen molar-refractivity contribution in [1.29, 1.82) is 0 Å². The van der Waals surface area contributed by atoms with Crippen molar-refractivity contribution in [2.75, 3.05) is 13.1 Å². The molecule has 7 heteroatoms. The minimum Gasteiger partial charge on any atom is -0.656 e. The Bertz CT molecular complexity index is 215. The molecule has 0 saturated heterocycles. The van der Waals surface area contributed by atoms with Crippen LogP contribution in [0.3, 0.4) is 0 Å². The molecule has 0 amide bonds. The van der Waals surface area contributed by atoms with Crippen LogP contribution in [0.4, 0.5) is 0 Å². The standard InChI is InChI=1S/C5H10NO4S.Na/c1-2-3-6-4-5(7)11(8,9)10;/h2,5,7H,1,3-4H2,(H,8,9,10);/q-1;+1. The zero-order chi connectivity index (χ0) is 8.91. The second-order valence-corrected chi connectivity index (χ2v) is 3.42. The average Bonchev–Trinajstić information content (AvgIpc) is 1.86. The molecule has 0 aliphatic heterocycles. The van der Waals surface area contributed by atoms with Gasteiger partial charge in [-0.1, -0.05) is 0 Å². The van der Waals surface area contributed by atoms with Crippen molar-refractivity contribution in [3.05, 3.63) is 18.0 Å². The van der Waals surface area contributed by atoms with Gasteiger partial charge in [0.1, 0.15) is 0 Å². The van der Waals surface area contributed by atoms with Gasteiger partial charge in [-0.05, 0) is 0 Å². The molecule has 2 N–H and O–H groups in total. The van der Waals surface area contributed by atoms with Crippen LogP contribution in [0.2, 0.25) is 0 Å². The van der Waals surface area contributed by atoms with E-state index in [-0.39, 0.29) is 42.6 Å². The zero-order valence-electron chi connectivity index (χ0n) is 6.84. The predicted molar refractivity (Wildman–Crippen MR) is 40.8 cm³/mol. The van der Waals surface area contributed by atoms with E-state index in [1.54, 1.807) is 0 Å². The molecular formula is C5H10NNaO4S. The molecule has 0 rings (SSSR count). The first-order chi connectivity index (χ1) is 4.98. The summed E-state index contributed by atoms with van der Waals surface area (Å²) in [5.41, 5.74) is -1.82. The monoisotopic (exact) mass is 203 g/mol. The van der Waals surface area contributed by atoms with Crippen molar-refractivity contribution in [3.63, 3.8) is 0 Å². The van der Waals surface area contributed by atoms with E-state index < -0.39 is 15.6 Å². The smallest absolute Gasteiger partial charge is 0.656 e. The minimum atomic E-state index is -4.36. The van der Waals surface area contributed by atoms with Gasteiger partial charge in [-0.25, -0.2) is 0 Å². The Hall–Kier alpha value is 0.570. The second-order valence-electron chi connectivity index (χ2n) is 1.85. The van der Waals surface area contributed by atoms with Gasteiger partial charge in [0.25, 0.3) is 10.1 Å². The quantitative estimate of drug-likeness (QED) is 0.213. The van der Waals surface area contributed by atoms with Gasteiger partial charge >= 0.3 is 29.6 Å². The van der Waals surface area contributed by atoms with Crippen molar-refractivity contribution >= 4 is 10.1 Å². The molecule has 0 aliphatic rings. The molecule has 1 atom stereocenters. The Morgan fingerprint density at radius 2 is 2.08 bits per heavy atom. The summed E-state index contributed by atoms with van der Waals surface area (Å²) in [7, 11) is -4.36. The van der Waals surface area contributed by atoms with Crippen LogP contribution in [-0.4, -0.2) is 36.6 Å². The van der Waals surface area contributed by atoms with E-state index >= 15 is 0 Å². The van der Waals surface area contributed by atoms with Gasteiger partial charge in [-0.3, -0.25) is 4.55 Å². The van der Waals surface area contributed by atoms with E-state index in [1.165, 1.54) is 6.08 Å². The fraction of sp³-hybridized carbons (Fsp3) is 0.600. The van der Waals surface area contributed by atoms with Crippen molar-refractivity contribution in [2.45, 2.75) is 5.44 Å². The molecule has 5 nitrogen and oxygen atoms in total. The van der Waals surface area contributed by atoms with E-state index in [0.717, 1.165) is 0 Å². The molecule has 66 valence electrons. The van der Waals surface area contributed by atoms with E-state index in [4.69, 9.17) is 9.66 Å². The van der Waals surface area contributed by atoms with Crippen molar-refractivity contribution < 1.29 is 47.6 Å². The van der Waals surface area contributed by atoms with Gasteiger partial charge in [-0.2, -0.15) is 8.42 Å². The third-order valence-corrected chi connectivity index (χ3v) is 1.72. The molecule has 0 aliphatic carbocycles. The van der Waals surface area contributed by atoms with Crippen LogP contribution in [0.1, 0.15) is 0 Å². The van der Waals surface area contributed by atoms with Gasteiger partial charge in [-0.15, -0.1) is 25.7 Å². The SMILES string of the molecule is C=CC[N-]CC(O)S(=O)(=O)O.[Na+]. The van der Waals surface area contributed by atoms with Crippen LogP contribution in [0.15, 0.2) is 12.7 Å². The first-order valence-corrected chi connectivity index (χ1v) is 4.37. The molecule has 0 bridgehead atoms. The first-order valence-electron chi connectivity index (χ1n) is 2.87. The second kappa shape index (κ2) is 7.02. The van der Waals surface area contributed by atoms with Gasteiger partial charge in [0.05, 0.1) is 0 Å². The van der Waals surface area contributed by atoms with E-state index in [2.05, 4.69) is 11.9 Å². The molecule has 0 aromatic carbocycles. The van der Waals surface area contributed by atoms with E-state index in [1.807, 2.05) is 0 Å². The van der Waals surface area contributed by atoms with Crippen LogP contribution >= 0.6 is 0 Å². The Morgan fingerprint density at radius 1 is 1.58 bits per heavy atom. The molecule has 0 spiro atoms. The Balaban J connectivity index is 0. The molecule has 0 aromatic rings. The third-order valence-electron chi connectivity index (χ3n) is 0.887. The Labute approximate surface area is 93.9 Å². The largest absolute Gasteiger partial charge is 1.00 e. The van der Waals surface area contributed by atoms with Gasteiger partial charge in [0.2, 0.25) is 0 Å². The number of aliphatic hydroxyl groups is 1. The summed E-state index contributed by atoms with van der Waals surface area (Å²) >= 11 is 0. The summed E-state index contributed by atoms with van der Waals surface area (Å²) < 4.78 is 28.5. The summed E-state index contributed by atoms with van der Waals surface area (Å²) in [6.45, 7) is 3.26. The van der Waals surface area contributed by atoms with Crippen molar-refractivity contribution in [1.82, 2.24) is 0 Å². The Kier molecular flexibility index (Phi) is 8.81. The molecule has 0 radical (unpaired) electrons. The normalized spacial score (nSPS) is 13.2. The minimum absolute atomic E-state index is 0. The number of nitrogens with zero attached hydrogens (tertiary/aromatic N) is 1. The van der Waals surface area contributed by atoms with Gasteiger partial charge in [0, 0.05) is 0 Å². The van der Waals surface area contributed by atoms with Crippen LogP contribution in [0.5, 0.6) is 0 Å². The van der Waals surface area contributed by atoms with Gasteiger partial charge < -0.3 is 10.4 Å². The molecule has 0 aromatic heterocycles. The third kappa shape index (κ3) is 7.23. The topological polar surface area (TPSA) is 88.7 Å². The molecule has 0 saturated carbocycles. The fourth-order valence-corrected chi connectivity index (χ4v) is 0.664. The van der Waals surface area contributed by atoms with Crippen molar-refractivity contribution in [2.24, 2.45) is 0 Å². The average molecular weight is 203 g/mol. The van der Waals surface area contributed by atoms with Crippen molar-refractivity contribution in [3.8, 4) is 0 Å². The molecule has 0 heterocycles. The summed E-state index contributed by atoms with van der Waals surface area (Å²) in [6, 6.07) is 0. The summed E-state index contributed by atoms with van der Waals surface area (Å²) in [5.74, 6) is 0. The predicted octanol–water partition coefficient (Wildman–Crippen LogP) is -3.24. The molecule has 12 heavy (non-hydrogen) atoms.